The van der Waals surface area contributed by atoms with Gasteiger partial charge in [-0.2, -0.15) is 8.78 Å². The van der Waals surface area contributed by atoms with Crippen molar-refractivity contribution in [1.82, 2.24) is 0 Å². The van der Waals surface area contributed by atoms with E-state index in [-0.39, 0.29) is 16.0 Å². The molecule has 0 aliphatic carbocycles. The Morgan fingerprint density at radius 3 is 2.50 bits per heavy atom. The molecule has 2 aromatic rings. The molecule has 7 heteroatoms. The van der Waals surface area contributed by atoms with Crippen LogP contribution in [0.5, 0.6) is 0 Å². The number of rotatable bonds is 2. The number of benzene rings is 1. The highest BCUT2D eigenvalue weighted by Gasteiger charge is 2.45. The van der Waals surface area contributed by atoms with Crippen molar-refractivity contribution in [3.05, 3.63) is 45.3 Å². The van der Waals surface area contributed by atoms with Crippen molar-refractivity contribution in [1.29, 1.82) is 0 Å². The first-order valence-electron chi connectivity index (χ1n) is 4.72. The highest BCUT2D eigenvalue weighted by Crippen LogP contribution is 2.35. The van der Waals surface area contributed by atoms with Crippen LogP contribution in [0, 0.1) is 0 Å². The second kappa shape index (κ2) is 4.28. The number of hydrogen-bond acceptors (Lipinski definition) is 2. The zero-order valence-electron chi connectivity index (χ0n) is 8.59. The van der Waals surface area contributed by atoms with Crippen LogP contribution >= 0.6 is 11.6 Å². The largest absolute Gasteiger partial charge is 0.454 e. The molecule has 0 saturated heterocycles. The van der Waals surface area contributed by atoms with Crippen molar-refractivity contribution in [2.45, 2.75) is 12.3 Å². The Kier molecular flexibility index (Phi) is 3.06. The van der Waals surface area contributed by atoms with Crippen molar-refractivity contribution < 1.29 is 22.0 Å². The van der Waals surface area contributed by atoms with Crippen molar-refractivity contribution in [3.63, 3.8) is 0 Å². The summed E-state index contributed by atoms with van der Waals surface area (Å²) in [7, 11) is 0. The summed E-state index contributed by atoms with van der Waals surface area (Å²) in [6.07, 6.45) is -3.95. The molecule has 0 bridgehead atoms. The maximum absolute atomic E-state index is 13.1. The molecule has 0 radical (unpaired) electrons. The molecule has 1 aromatic heterocycles. The molecule has 2 nitrogen and oxygen atoms in total. The van der Waals surface area contributed by atoms with E-state index in [1.165, 1.54) is 18.2 Å². The average Bonchev–Trinajstić information content (AvgIpc) is 2.29. The Balaban J connectivity index is 2.71. The van der Waals surface area contributed by atoms with Crippen LogP contribution in [0.25, 0.3) is 11.0 Å². The number of fused-ring (bicyclic) bond motifs is 1. The van der Waals surface area contributed by atoms with Crippen LogP contribution in [0.2, 0.25) is 5.02 Å². The first kappa shape index (κ1) is 12.9. The Hall–Kier alpha value is -1.56. The lowest BCUT2D eigenvalue weighted by atomic mass is 10.2. The molecule has 0 amide bonds. The third kappa shape index (κ3) is 2.08. The lowest BCUT2D eigenvalue weighted by Crippen LogP contribution is -2.25. The van der Waals surface area contributed by atoms with Crippen molar-refractivity contribution in [2.24, 2.45) is 0 Å². The normalized spacial score (nSPS) is 12.3. The lowest BCUT2D eigenvalue weighted by molar-refractivity contribution is -0.147. The van der Waals surface area contributed by atoms with E-state index in [9.17, 15) is 22.4 Å². The van der Waals surface area contributed by atoms with Gasteiger partial charge in [0, 0.05) is 11.1 Å². The summed E-state index contributed by atoms with van der Waals surface area (Å²) in [5, 5.41) is 0.166. The van der Waals surface area contributed by atoms with Gasteiger partial charge < -0.3 is 4.42 Å². The van der Waals surface area contributed by atoms with E-state index < -0.39 is 23.5 Å². The van der Waals surface area contributed by atoms with Crippen LogP contribution in [0.15, 0.2) is 33.5 Å². The molecule has 0 unspecified atom stereocenters. The molecular weight excluding hydrogens is 276 g/mol. The van der Waals surface area contributed by atoms with Crippen LogP contribution in [-0.2, 0) is 5.92 Å². The highest BCUT2D eigenvalue weighted by atomic mass is 35.5. The topological polar surface area (TPSA) is 30.2 Å². The van der Waals surface area contributed by atoms with E-state index in [2.05, 4.69) is 4.42 Å². The molecule has 2 rings (SSSR count). The minimum Gasteiger partial charge on any atom is -0.454 e. The van der Waals surface area contributed by atoms with E-state index in [0.717, 1.165) is 0 Å². The van der Waals surface area contributed by atoms with E-state index in [4.69, 9.17) is 11.6 Å². The molecule has 18 heavy (non-hydrogen) atoms. The molecular formula is C11H5ClF4O2. The third-order valence-electron chi connectivity index (χ3n) is 2.29. The van der Waals surface area contributed by atoms with Crippen LogP contribution in [0.4, 0.5) is 17.6 Å². The van der Waals surface area contributed by atoms with Crippen LogP contribution < -0.4 is 5.43 Å². The third-order valence-corrected chi connectivity index (χ3v) is 2.53. The van der Waals surface area contributed by atoms with E-state index in [0.29, 0.717) is 6.07 Å². The van der Waals surface area contributed by atoms with E-state index >= 15 is 0 Å². The predicted molar refractivity (Wildman–Crippen MR) is 57.4 cm³/mol. The first-order chi connectivity index (χ1) is 8.32. The van der Waals surface area contributed by atoms with Gasteiger partial charge in [0.05, 0.1) is 5.39 Å². The summed E-state index contributed by atoms with van der Waals surface area (Å²) >= 11 is 5.62. The second-order valence-electron chi connectivity index (χ2n) is 3.54. The van der Waals surface area contributed by atoms with Gasteiger partial charge in [-0.1, -0.05) is 11.6 Å². The monoisotopic (exact) mass is 280 g/mol. The summed E-state index contributed by atoms with van der Waals surface area (Å²) in [5.41, 5.74) is -1.07. The number of alkyl halides is 4. The van der Waals surface area contributed by atoms with Crippen LogP contribution in [-0.4, -0.2) is 6.43 Å². The smallest absolute Gasteiger partial charge is 0.363 e. The Morgan fingerprint density at radius 1 is 1.22 bits per heavy atom. The van der Waals surface area contributed by atoms with Gasteiger partial charge in [-0.15, -0.1) is 0 Å². The van der Waals surface area contributed by atoms with Gasteiger partial charge in [0.15, 0.2) is 11.2 Å². The summed E-state index contributed by atoms with van der Waals surface area (Å²) in [6, 6.07) is 4.04. The molecule has 0 aliphatic rings. The quantitative estimate of drug-likeness (QED) is 0.783. The van der Waals surface area contributed by atoms with E-state index in [1.807, 2.05) is 0 Å². The van der Waals surface area contributed by atoms with Crippen molar-refractivity contribution >= 4 is 22.6 Å². The summed E-state index contributed by atoms with van der Waals surface area (Å²) in [5.74, 6) is -5.87. The number of halogens is 5. The minimum atomic E-state index is -4.51. The standard InChI is InChI=1S/C11H5ClF4O2/c12-5-1-2-8-6(3-5)7(17)4-9(18-8)11(15,16)10(13)14/h1-4,10H. The maximum Gasteiger partial charge on any atom is 0.363 e. The number of hydrogen-bond donors (Lipinski definition) is 0. The molecule has 0 saturated carbocycles. The molecule has 0 fully saturated rings. The zero-order chi connectivity index (χ0) is 13.5. The fourth-order valence-electron chi connectivity index (χ4n) is 1.40. The minimum absolute atomic E-state index is 0.0451. The molecule has 0 N–H and O–H groups in total. The predicted octanol–water partition coefficient (Wildman–Crippen LogP) is 3.80. The second-order valence-corrected chi connectivity index (χ2v) is 3.98. The van der Waals surface area contributed by atoms with Gasteiger partial charge in [0.2, 0.25) is 0 Å². The fraction of sp³-hybridized carbons (Fsp3) is 0.182. The summed E-state index contributed by atoms with van der Waals surface area (Å²) in [6.45, 7) is 0. The Bertz CT molecular complexity index is 651. The van der Waals surface area contributed by atoms with Gasteiger partial charge in [-0.3, -0.25) is 4.79 Å². The highest BCUT2D eigenvalue weighted by molar-refractivity contribution is 6.31. The fourth-order valence-corrected chi connectivity index (χ4v) is 1.57. The van der Waals surface area contributed by atoms with Crippen LogP contribution in [0.1, 0.15) is 5.76 Å². The molecule has 0 aliphatic heterocycles. The van der Waals surface area contributed by atoms with Crippen molar-refractivity contribution in [2.75, 3.05) is 0 Å². The summed E-state index contributed by atoms with van der Waals surface area (Å²) < 4.78 is 55.1. The van der Waals surface area contributed by atoms with Crippen molar-refractivity contribution in [3.8, 4) is 0 Å². The van der Waals surface area contributed by atoms with Gasteiger partial charge in [0.25, 0.3) is 0 Å². The zero-order valence-corrected chi connectivity index (χ0v) is 9.35. The molecule has 96 valence electrons. The van der Waals surface area contributed by atoms with Gasteiger partial charge in [0.1, 0.15) is 5.58 Å². The van der Waals surface area contributed by atoms with Gasteiger partial charge in [-0.25, -0.2) is 8.78 Å². The van der Waals surface area contributed by atoms with E-state index in [1.54, 1.807) is 0 Å². The van der Waals surface area contributed by atoms with Gasteiger partial charge in [-0.05, 0) is 18.2 Å². The molecule has 1 heterocycles. The van der Waals surface area contributed by atoms with Crippen LogP contribution in [0.3, 0.4) is 0 Å². The Morgan fingerprint density at radius 2 is 1.89 bits per heavy atom. The average molecular weight is 281 g/mol. The summed E-state index contributed by atoms with van der Waals surface area (Å²) in [4.78, 5) is 11.5. The molecule has 1 aromatic carbocycles. The maximum atomic E-state index is 13.1. The molecule has 0 atom stereocenters. The first-order valence-corrected chi connectivity index (χ1v) is 5.10. The lowest BCUT2D eigenvalue weighted by Gasteiger charge is -2.14. The molecule has 0 spiro atoms. The Labute approximate surface area is 103 Å². The SMILES string of the molecule is O=c1cc(C(F)(F)C(F)F)oc2ccc(Cl)cc12. The van der Waals surface area contributed by atoms with Gasteiger partial charge >= 0.3 is 12.3 Å².